The Morgan fingerprint density at radius 2 is 2.30 bits per heavy atom. The Morgan fingerprint density at radius 1 is 1.50 bits per heavy atom. The standard InChI is InChI=1S/C14H23N3O3/c1-2-3-11-20-12-5-4-9-17(14(12)19)10-6-13(18)16-8-7-15/h4-5,9H,2-3,6-8,10-11,15H2,1H3,(H,16,18). The van der Waals surface area contributed by atoms with E-state index >= 15 is 0 Å². The van der Waals surface area contributed by atoms with Crippen LogP contribution >= 0.6 is 0 Å². The van der Waals surface area contributed by atoms with Crippen LogP contribution in [0, 0.1) is 0 Å². The second-order valence-electron chi connectivity index (χ2n) is 4.46. The summed E-state index contributed by atoms with van der Waals surface area (Å²) in [6.07, 6.45) is 3.84. The van der Waals surface area contributed by atoms with Gasteiger partial charge in [0.25, 0.3) is 5.56 Å². The molecule has 112 valence electrons. The lowest BCUT2D eigenvalue weighted by Gasteiger charge is -2.09. The Labute approximate surface area is 118 Å². The van der Waals surface area contributed by atoms with Crippen molar-refractivity contribution in [3.8, 4) is 5.75 Å². The predicted molar refractivity (Wildman–Crippen MR) is 77.8 cm³/mol. The van der Waals surface area contributed by atoms with Crippen LogP contribution in [0.2, 0.25) is 0 Å². The molecular weight excluding hydrogens is 258 g/mol. The SMILES string of the molecule is CCCCOc1cccn(CCC(=O)NCCN)c1=O. The van der Waals surface area contributed by atoms with E-state index in [9.17, 15) is 9.59 Å². The number of nitrogens with one attached hydrogen (secondary N) is 1. The van der Waals surface area contributed by atoms with E-state index in [2.05, 4.69) is 12.2 Å². The van der Waals surface area contributed by atoms with Crippen LogP contribution in [0.4, 0.5) is 0 Å². The average molecular weight is 281 g/mol. The van der Waals surface area contributed by atoms with Gasteiger partial charge >= 0.3 is 0 Å². The number of rotatable bonds is 9. The molecule has 20 heavy (non-hydrogen) atoms. The van der Waals surface area contributed by atoms with Gasteiger partial charge < -0.3 is 20.4 Å². The zero-order chi connectivity index (χ0) is 14.8. The minimum absolute atomic E-state index is 0.111. The first kappa shape index (κ1) is 16.2. The summed E-state index contributed by atoms with van der Waals surface area (Å²) in [7, 11) is 0. The third-order valence-corrected chi connectivity index (χ3v) is 2.79. The molecule has 0 spiro atoms. The molecule has 6 heteroatoms. The van der Waals surface area contributed by atoms with Gasteiger partial charge in [-0.25, -0.2) is 0 Å². The van der Waals surface area contributed by atoms with Crippen LogP contribution in [-0.2, 0) is 11.3 Å². The van der Waals surface area contributed by atoms with Crippen molar-refractivity contribution < 1.29 is 9.53 Å². The molecule has 0 saturated heterocycles. The topological polar surface area (TPSA) is 86.3 Å². The summed E-state index contributed by atoms with van der Waals surface area (Å²) in [5, 5.41) is 2.67. The summed E-state index contributed by atoms with van der Waals surface area (Å²) in [5.41, 5.74) is 5.10. The third kappa shape index (κ3) is 5.44. The molecule has 1 aromatic heterocycles. The van der Waals surface area contributed by atoms with E-state index in [4.69, 9.17) is 10.5 Å². The maximum atomic E-state index is 12.1. The summed E-state index contributed by atoms with van der Waals surface area (Å²) in [5.74, 6) is 0.225. The maximum absolute atomic E-state index is 12.1. The van der Waals surface area contributed by atoms with Crippen molar-refractivity contribution >= 4 is 5.91 Å². The van der Waals surface area contributed by atoms with E-state index < -0.39 is 0 Å². The molecule has 3 N–H and O–H groups in total. The van der Waals surface area contributed by atoms with Crippen LogP contribution in [-0.4, -0.2) is 30.2 Å². The van der Waals surface area contributed by atoms with Crippen molar-refractivity contribution in [2.75, 3.05) is 19.7 Å². The molecule has 0 aliphatic rings. The zero-order valence-corrected chi connectivity index (χ0v) is 11.9. The Kier molecular flexibility index (Phi) is 7.42. The van der Waals surface area contributed by atoms with Crippen molar-refractivity contribution in [3.05, 3.63) is 28.7 Å². The largest absolute Gasteiger partial charge is 0.488 e. The number of aryl methyl sites for hydroxylation is 1. The molecule has 1 aromatic rings. The van der Waals surface area contributed by atoms with Crippen LogP contribution in [0.25, 0.3) is 0 Å². The number of amides is 1. The van der Waals surface area contributed by atoms with E-state index in [1.165, 1.54) is 4.57 Å². The highest BCUT2D eigenvalue weighted by Crippen LogP contribution is 2.03. The summed E-state index contributed by atoms with van der Waals surface area (Å²) < 4.78 is 6.93. The lowest BCUT2D eigenvalue weighted by molar-refractivity contribution is -0.121. The summed E-state index contributed by atoms with van der Waals surface area (Å²) in [4.78, 5) is 23.5. The van der Waals surface area contributed by atoms with Gasteiger partial charge in [-0.3, -0.25) is 9.59 Å². The van der Waals surface area contributed by atoms with Crippen LogP contribution < -0.4 is 21.3 Å². The van der Waals surface area contributed by atoms with Crippen LogP contribution in [0.1, 0.15) is 26.2 Å². The van der Waals surface area contributed by atoms with Crippen LogP contribution in [0.15, 0.2) is 23.1 Å². The number of hydrogen-bond donors (Lipinski definition) is 2. The van der Waals surface area contributed by atoms with Crippen molar-refractivity contribution in [2.45, 2.75) is 32.7 Å². The molecule has 1 heterocycles. The van der Waals surface area contributed by atoms with E-state index in [1.54, 1.807) is 18.3 Å². The minimum Gasteiger partial charge on any atom is -0.488 e. The van der Waals surface area contributed by atoms with E-state index in [1.807, 2.05) is 0 Å². The molecule has 0 aliphatic carbocycles. The molecule has 0 saturated carbocycles. The third-order valence-electron chi connectivity index (χ3n) is 2.79. The molecule has 0 radical (unpaired) electrons. The normalized spacial score (nSPS) is 10.3. The van der Waals surface area contributed by atoms with Crippen molar-refractivity contribution in [1.82, 2.24) is 9.88 Å². The number of ether oxygens (including phenoxy) is 1. The van der Waals surface area contributed by atoms with E-state index in [0.29, 0.717) is 32.0 Å². The minimum atomic E-state index is -0.199. The molecule has 0 atom stereocenters. The number of unbranched alkanes of at least 4 members (excludes halogenated alkanes) is 1. The van der Waals surface area contributed by atoms with E-state index in [0.717, 1.165) is 12.8 Å². The summed E-state index contributed by atoms with van der Waals surface area (Å²) >= 11 is 0. The number of carbonyl (C=O) groups is 1. The molecule has 1 amide bonds. The Hall–Kier alpha value is -1.82. The Balaban J connectivity index is 2.55. The maximum Gasteiger partial charge on any atom is 0.292 e. The van der Waals surface area contributed by atoms with Gasteiger partial charge in [0, 0.05) is 32.3 Å². The highest BCUT2D eigenvalue weighted by Gasteiger charge is 2.06. The van der Waals surface area contributed by atoms with Crippen molar-refractivity contribution in [2.24, 2.45) is 5.73 Å². The molecule has 6 nitrogen and oxygen atoms in total. The van der Waals surface area contributed by atoms with Gasteiger partial charge in [0.2, 0.25) is 5.91 Å². The number of nitrogens with two attached hydrogens (primary N) is 1. The molecular formula is C14H23N3O3. The molecule has 1 rings (SSSR count). The van der Waals surface area contributed by atoms with Crippen molar-refractivity contribution in [1.29, 1.82) is 0 Å². The lowest BCUT2D eigenvalue weighted by Crippen LogP contribution is -2.31. The first-order chi connectivity index (χ1) is 9.69. The molecule has 0 aliphatic heterocycles. The first-order valence-corrected chi connectivity index (χ1v) is 6.98. The van der Waals surface area contributed by atoms with E-state index in [-0.39, 0.29) is 17.9 Å². The van der Waals surface area contributed by atoms with Crippen LogP contribution in [0.3, 0.4) is 0 Å². The van der Waals surface area contributed by atoms with Crippen molar-refractivity contribution in [3.63, 3.8) is 0 Å². The van der Waals surface area contributed by atoms with Gasteiger partial charge in [-0.1, -0.05) is 13.3 Å². The summed E-state index contributed by atoms with van der Waals surface area (Å²) in [6.45, 7) is 3.79. The molecule has 0 fully saturated rings. The highest BCUT2D eigenvalue weighted by atomic mass is 16.5. The van der Waals surface area contributed by atoms with Gasteiger partial charge in [0.15, 0.2) is 5.75 Å². The second kappa shape index (κ2) is 9.14. The fourth-order valence-electron chi connectivity index (χ4n) is 1.65. The van der Waals surface area contributed by atoms with Gasteiger partial charge in [-0.2, -0.15) is 0 Å². The van der Waals surface area contributed by atoms with Gasteiger partial charge in [0.05, 0.1) is 6.61 Å². The molecule has 0 unspecified atom stereocenters. The van der Waals surface area contributed by atoms with Gasteiger partial charge in [0.1, 0.15) is 0 Å². The second-order valence-corrected chi connectivity index (χ2v) is 4.46. The predicted octanol–water partition coefficient (Wildman–Crippen LogP) is 0.492. The molecule has 0 aromatic carbocycles. The molecule has 0 bridgehead atoms. The number of pyridine rings is 1. The fourth-order valence-corrected chi connectivity index (χ4v) is 1.65. The first-order valence-electron chi connectivity index (χ1n) is 6.98. The zero-order valence-electron chi connectivity index (χ0n) is 11.9. The number of hydrogen-bond acceptors (Lipinski definition) is 4. The number of carbonyl (C=O) groups excluding carboxylic acids is 1. The summed E-state index contributed by atoms with van der Waals surface area (Å²) in [6, 6.07) is 3.41. The van der Waals surface area contributed by atoms with Crippen LogP contribution in [0.5, 0.6) is 5.75 Å². The fraction of sp³-hybridized carbons (Fsp3) is 0.571. The quantitative estimate of drug-likeness (QED) is 0.645. The average Bonchev–Trinajstić information content (AvgIpc) is 2.45. The Bertz CT molecular complexity index is 471. The van der Waals surface area contributed by atoms with Gasteiger partial charge in [-0.15, -0.1) is 0 Å². The van der Waals surface area contributed by atoms with Gasteiger partial charge in [-0.05, 0) is 18.6 Å². The Morgan fingerprint density at radius 3 is 3.00 bits per heavy atom. The lowest BCUT2D eigenvalue weighted by atomic mass is 10.3. The monoisotopic (exact) mass is 281 g/mol. The highest BCUT2D eigenvalue weighted by molar-refractivity contribution is 5.75. The smallest absolute Gasteiger partial charge is 0.292 e. The number of aromatic nitrogens is 1. The number of nitrogens with zero attached hydrogens (tertiary/aromatic N) is 1.